The van der Waals surface area contributed by atoms with Crippen LogP contribution in [0.3, 0.4) is 0 Å². The number of benzene rings is 1. The van der Waals surface area contributed by atoms with Crippen molar-refractivity contribution in [2.75, 3.05) is 30.9 Å². The summed E-state index contributed by atoms with van der Waals surface area (Å²) in [6, 6.07) is 12.1. The van der Waals surface area contributed by atoms with E-state index in [4.69, 9.17) is 4.74 Å². The normalized spacial score (nSPS) is 10.2. The van der Waals surface area contributed by atoms with Crippen molar-refractivity contribution in [3.05, 3.63) is 48.2 Å². The minimum absolute atomic E-state index is 0.791. The van der Waals surface area contributed by atoms with Gasteiger partial charge in [-0.05, 0) is 19.1 Å². The molecule has 0 radical (unpaired) electrons. The first-order chi connectivity index (χ1) is 9.74. The lowest BCUT2D eigenvalue weighted by Crippen LogP contribution is -2.17. The van der Waals surface area contributed by atoms with E-state index in [1.165, 1.54) is 5.56 Å². The molecule has 1 heterocycles. The molecule has 2 aromatic rings. The molecule has 0 saturated heterocycles. The van der Waals surface area contributed by atoms with E-state index >= 15 is 0 Å². The summed E-state index contributed by atoms with van der Waals surface area (Å²) in [5, 5.41) is 3.23. The molecule has 4 nitrogen and oxygen atoms in total. The van der Waals surface area contributed by atoms with Crippen molar-refractivity contribution in [1.29, 1.82) is 0 Å². The Morgan fingerprint density at radius 3 is 2.80 bits per heavy atom. The molecule has 0 bridgehead atoms. The van der Waals surface area contributed by atoms with Crippen LogP contribution in [0.1, 0.15) is 12.5 Å². The highest BCUT2D eigenvalue weighted by molar-refractivity contribution is 5.54. The van der Waals surface area contributed by atoms with Gasteiger partial charge in [0.2, 0.25) is 0 Å². The van der Waals surface area contributed by atoms with Gasteiger partial charge in [-0.1, -0.05) is 18.2 Å². The molecule has 0 spiro atoms. The van der Waals surface area contributed by atoms with Crippen LogP contribution in [0.2, 0.25) is 0 Å². The maximum Gasteiger partial charge on any atom is 0.127 e. The van der Waals surface area contributed by atoms with Gasteiger partial charge in [-0.25, -0.2) is 4.98 Å². The van der Waals surface area contributed by atoms with Crippen molar-refractivity contribution < 1.29 is 4.74 Å². The first kappa shape index (κ1) is 14.2. The molecule has 0 fully saturated rings. The first-order valence-corrected chi connectivity index (χ1v) is 6.77. The van der Waals surface area contributed by atoms with Crippen molar-refractivity contribution in [3.8, 4) is 5.75 Å². The molecule has 1 aromatic heterocycles. The second-order valence-corrected chi connectivity index (χ2v) is 4.60. The Bertz CT molecular complexity index is 557. The molecule has 0 aliphatic rings. The lowest BCUT2D eigenvalue weighted by Gasteiger charge is -2.21. The van der Waals surface area contributed by atoms with Gasteiger partial charge in [0.25, 0.3) is 0 Å². The van der Waals surface area contributed by atoms with Crippen molar-refractivity contribution in [1.82, 2.24) is 4.98 Å². The van der Waals surface area contributed by atoms with Crippen LogP contribution in [-0.2, 0) is 6.54 Å². The fourth-order valence-electron chi connectivity index (χ4n) is 2.12. The number of ether oxygens (including phenoxy) is 1. The second-order valence-electron chi connectivity index (χ2n) is 4.60. The van der Waals surface area contributed by atoms with Gasteiger partial charge in [-0.3, -0.25) is 0 Å². The number of hydrogen-bond donors (Lipinski definition) is 1. The Balaban J connectivity index is 2.15. The number of hydrogen-bond acceptors (Lipinski definition) is 4. The van der Waals surface area contributed by atoms with Crippen molar-refractivity contribution in [3.63, 3.8) is 0 Å². The molecule has 106 valence electrons. The number of methoxy groups -OCH3 is 1. The van der Waals surface area contributed by atoms with Crippen LogP contribution >= 0.6 is 0 Å². The molecule has 4 heteroatoms. The third kappa shape index (κ3) is 3.41. The van der Waals surface area contributed by atoms with E-state index in [0.717, 1.165) is 30.3 Å². The number of anilines is 2. The second kappa shape index (κ2) is 6.80. The van der Waals surface area contributed by atoms with Gasteiger partial charge >= 0.3 is 0 Å². The predicted octanol–water partition coefficient (Wildman–Crippen LogP) is 3.16. The van der Waals surface area contributed by atoms with Crippen LogP contribution in [0.4, 0.5) is 11.5 Å². The van der Waals surface area contributed by atoms with E-state index in [1.54, 1.807) is 7.11 Å². The van der Waals surface area contributed by atoms with E-state index in [2.05, 4.69) is 41.3 Å². The Morgan fingerprint density at radius 2 is 2.05 bits per heavy atom. The van der Waals surface area contributed by atoms with Gasteiger partial charge in [0.1, 0.15) is 11.6 Å². The maximum atomic E-state index is 5.39. The topological polar surface area (TPSA) is 37.4 Å². The van der Waals surface area contributed by atoms with Crippen LogP contribution in [0.25, 0.3) is 0 Å². The third-order valence-corrected chi connectivity index (χ3v) is 3.14. The van der Waals surface area contributed by atoms with Crippen LogP contribution in [0, 0.1) is 0 Å². The summed E-state index contributed by atoms with van der Waals surface area (Å²) < 4.78 is 5.39. The van der Waals surface area contributed by atoms with Crippen molar-refractivity contribution in [2.24, 2.45) is 0 Å². The number of nitrogens with zero attached hydrogens (tertiary/aromatic N) is 2. The average molecular weight is 271 g/mol. The van der Waals surface area contributed by atoms with Crippen LogP contribution < -0.4 is 15.0 Å². The van der Waals surface area contributed by atoms with Crippen molar-refractivity contribution in [2.45, 2.75) is 13.5 Å². The summed E-state index contributed by atoms with van der Waals surface area (Å²) in [5.41, 5.74) is 2.29. The van der Waals surface area contributed by atoms with E-state index in [0.29, 0.717) is 0 Å². The molecule has 0 amide bonds. The predicted molar refractivity (Wildman–Crippen MR) is 83.5 cm³/mol. The van der Waals surface area contributed by atoms with Gasteiger partial charge in [0.15, 0.2) is 0 Å². The standard InChI is InChI=1S/C16H21N3O/c1-4-17-16-11-14(9-10-18-16)19(2)12-13-7-5-6-8-15(13)20-3/h5-11H,4,12H2,1-3H3,(H,17,18). The van der Waals surface area contributed by atoms with Gasteiger partial charge in [0.05, 0.1) is 7.11 Å². The van der Waals surface area contributed by atoms with Gasteiger partial charge in [-0.2, -0.15) is 0 Å². The summed E-state index contributed by atoms with van der Waals surface area (Å²) in [6.45, 7) is 3.72. The van der Waals surface area contributed by atoms with Crippen molar-refractivity contribution >= 4 is 11.5 Å². The number of para-hydroxylation sites is 1. The zero-order valence-electron chi connectivity index (χ0n) is 12.3. The molecule has 1 aromatic carbocycles. The minimum atomic E-state index is 0.791. The van der Waals surface area contributed by atoms with Gasteiger partial charge in [-0.15, -0.1) is 0 Å². The molecule has 0 aliphatic carbocycles. The monoisotopic (exact) mass is 271 g/mol. The summed E-state index contributed by atoms with van der Waals surface area (Å²) in [5.74, 6) is 1.82. The largest absolute Gasteiger partial charge is 0.496 e. The highest BCUT2D eigenvalue weighted by Crippen LogP contribution is 2.23. The van der Waals surface area contributed by atoms with Crippen LogP contribution in [0.15, 0.2) is 42.6 Å². The summed E-state index contributed by atoms with van der Waals surface area (Å²) in [4.78, 5) is 6.47. The minimum Gasteiger partial charge on any atom is -0.496 e. The average Bonchev–Trinajstić information content (AvgIpc) is 2.48. The van der Waals surface area contributed by atoms with Gasteiger partial charge in [0, 0.05) is 43.7 Å². The van der Waals surface area contributed by atoms with E-state index in [-0.39, 0.29) is 0 Å². The number of rotatable bonds is 6. The lowest BCUT2D eigenvalue weighted by atomic mass is 10.2. The Morgan fingerprint density at radius 1 is 1.25 bits per heavy atom. The number of pyridine rings is 1. The zero-order valence-corrected chi connectivity index (χ0v) is 12.3. The number of nitrogens with one attached hydrogen (secondary N) is 1. The Labute approximate surface area is 120 Å². The van der Waals surface area contributed by atoms with E-state index in [1.807, 2.05) is 30.5 Å². The smallest absolute Gasteiger partial charge is 0.127 e. The lowest BCUT2D eigenvalue weighted by molar-refractivity contribution is 0.409. The Kier molecular flexibility index (Phi) is 4.82. The molecular formula is C16H21N3O. The highest BCUT2D eigenvalue weighted by atomic mass is 16.5. The fourth-order valence-corrected chi connectivity index (χ4v) is 2.12. The molecule has 0 saturated carbocycles. The quantitative estimate of drug-likeness (QED) is 0.875. The molecular weight excluding hydrogens is 250 g/mol. The van der Waals surface area contributed by atoms with E-state index < -0.39 is 0 Å². The summed E-state index contributed by atoms with van der Waals surface area (Å²) in [7, 11) is 3.77. The Hall–Kier alpha value is -2.23. The van der Waals surface area contributed by atoms with E-state index in [9.17, 15) is 0 Å². The molecule has 20 heavy (non-hydrogen) atoms. The number of aromatic nitrogens is 1. The third-order valence-electron chi connectivity index (χ3n) is 3.14. The van der Waals surface area contributed by atoms with Gasteiger partial charge < -0.3 is 15.0 Å². The SMILES string of the molecule is CCNc1cc(N(C)Cc2ccccc2OC)ccn1. The molecule has 1 N–H and O–H groups in total. The summed E-state index contributed by atoms with van der Waals surface area (Å²) in [6.07, 6.45) is 1.83. The highest BCUT2D eigenvalue weighted by Gasteiger charge is 2.07. The molecule has 0 unspecified atom stereocenters. The maximum absolute atomic E-state index is 5.39. The fraction of sp³-hybridized carbons (Fsp3) is 0.312. The molecule has 0 aliphatic heterocycles. The molecule has 0 atom stereocenters. The molecule has 2 rings (SSSR count). The van der Waals surface area contributed by atoms with Crippen LogP contribution in [-0.4, -0.2) is 25.7 Å². The summed E-state index contributed by atoms with van der Waals surface area (Å²) >= 11 is 0. The van der Waals surface area contributed by atoms with Crippen LogP contribution in [0.5, 0.6) is 5.75 Å². The zero-order chi connectivity index (χ0) is 14.4. The first-order valence-electron chi connectivity index (χ1n) is 6.77.